The monoisotopic (exact) mass is 408 g/mol. The minimum Gasteiger partial charge on any atom is -0.442 e. The molecular weight excluding hydrogens is 368 g/mol. The number of allylic oxidation sites excluding steroid dienone is 3. The van der Waals surface area contributed by atoms with Gasteiger partial charge in [0, 0.05) is 11.5 Å². The van der Waals surface area contributed by atoms with Crippen LogP contribution in [0, 0.1) is 47.3 Å². The summed E-state index contributed by atoms with van der Waals surface area (Å²) < 4.78 is 6.14. The van der Waals surface area contributed by atoms with Gasteiger partial charge in [-0.1, -0.05) is 50.8 Å². The average Bonchev–Trinajstić information content (AvgIpc) is 3.06. The summed E-state index contributed by atoms with van der Waals surface area (Å²) in [6.07, 6.45) is 28.5. The Bertz CT molecular complexity index is 727. The molecule has 0 saturated heterocycles. The van der Waals surface area contributed by atoms with Gasteiger partial charge in [-0.05, 0) is 93.8 Å². The van der Waals surface area contributed by atoms with Crippen LogP contribution in [-0.4, -0.2) is 11.6 Å². The summed E-state index contributed by atoms with van der Waals surface area (Å²) in [6.45, 7) is 4.53. The van der Waals surface area contributed by atoms with E-state index in [1.54, 1.807) is 6.08 Å². The summed E-state index contributed by atoms with van der Waals surface area (Å²) in [6, 6.07) is 0. The molecule has 2 nitrogen and oxygen atoms in total. The number of fused-ring (bicyclic) bond motifs is 5. The molecule has 3 fully saturated rings. The van der Waals surface area contributed by atoms with Crippen LogP contribution in [0.4, 0.5) is 0 Å². The predicted molar refractivity (Wildman–Crippen MR) is 123 cm³/mol. The van der Waals surface area contributed by atoms with Crippen LogP contribution < -0.4 is 0 Å². The lowest BCUT2D eigenvalue weighted by Gasteiger charge is -2.56. The average molecular weight is 409 g/mol. The number of carbonyl (C=O) groups excluding carboxylic acids is 1. The molecular formula is C28H40O2. The molecule has 1 unspecified atom stereocenters. The number of esters is 1. The van der Waals surface area contributed by atoms with Crippen molar-refractivity contribution >= 4 is 5.97 Å². The summed E-state index contributed by atoms with van der Waals surface area (Å²) in [5.41, 5.74) is -0.803. The molecule has 30 heavy (non-hydrogen) atoms. The van der Waals surface area contributed by atoms with Crippen LogP contribution >= 0.6 is 0 Å². The molecule has 0 aliphatic heterocycles. The lowest BCUT2D eigenvalue weighted by Crippen LogP contribution is -2.54. The molecule has 0 spiro atoms. The van der Waals surface area contributed by atoms with Crippen molar-refractivity contribution in [1.82, 2.24) is 0 Å². The Morgan fingerprint density at radius 1 is 1.10 bits per heavy atom. The number of hydrogen-bond donors (Lipinski definition) is 0. The van der Waals surface area contributed by atoms with Gasteiger partial charge in [0.2, 0.25) is 0 Å². The van der Waals surface area contributed by atoms with Gasteiger partial charge in [-0.2, -0.15) is 0 Å². The van der Waals surface area contributed by atoms with Gasteiger partial charge >= 0.3 is 5.97 Å². The number of terminal acetylenes is 1. The van der Waals surface area contributed by atoms with Crippen LogP contribution in [0.5, 0.6) is 0 Å². The fourth-order valence-corrected chi connectivity index (χ4v) is 7.75. The molecule has 164 valence electrons. The molecule has 3 saturated carbocycles. The molecule has 4 aliphatic rings. The number of carbonyl (C=O) groups is 1. The highest BCUT2D eigenvalue weighted by Gasteiger charge is 2.64. The standard InChI is InChI=1S/C28H40O2/c1-4-6-7-8-9-14-26(29)30-28(5-2)20-18-25-24-16-15-21-12-10-11-13-22(21)23(24)17-19-27(25,28)3/h2,9-11,14,21-25H,4,6-8,12-13,15-20H2,1,3H3/b14-9+/t21?,22-,23+,24+,25-,27-,28-/m0/s1. The lowest BCUT2D eigenvalue weighted by molar-refractivity contribution is -0.165. The molecule has 0 amide bonds. The molecule has 0 heterocycles. The predicted octanol–water partition coefficient (Wildman–Crippen LogP) is 6.86. The first-order chi connectivity index (χ1) is 14.5. The third kappa shape index (κ3) is 3.68. The van der Waals surface area contributed by atoms with E-state index in [9.17, 15) is 4.79 Å². The number of unbranched alkanes of at least 4 members (excludes halogenated alkanes) is 3. The van der Waals surface area contributed by atoms with Crippen molar-refractivity contribution in [3.63, 3.8) is 0 Å². The summed E-state index contributed by atoms with van der Waals surface area (Å²) in [7, 11) is 0. The van der Waals surface area contributed by atoms with E-state index in [1.807, 2.05) is 6.08 Å². The van der Waals surface area contributed by atoms with Crippen molar-refractivity contribution in [1.29, 1.82) is 0 Å². The van der Waals surface area contributed by atoms with Gasteiger partial charge < -0.3 is 4.74 Å². The van der Waals surface area contributed by atoms with Crippen LogP contribution in [0.15, 0.2) is 24.3 Å². The summed E-state index contributed by atoms with van der Waals surface area (Å²) >= 11 is 0. The topological polar surface area (TPSA) is 26.3 Å². The fourth-order valence-electron chi connectivity index (χ4n) is 7.75. The van der Waals surface area contributed by atoms with Gasteiger partial charge in [-0.25, -0.2) is 4.79 Å². The zero-order valence-electron chi connectivity index (χ0n) is 19.1. The van der Waals surface area contributed by atoms with E-state index in [4.69, 9.17) is 11.2 Å². The Kier molecular flexibility index (Phi) is 6.47. The Balaban J connectivity index is 1.47. The number of rotatable bonds is 6. The quantitative estimate of drug-likeness (QED) is 0.158. The van der Waals surface area contributed by atoms with E-state index >= 15 is 0 Å². The smallest absolute Gasteiger partial charge is 0.331 e. The number of ether oxygens (including phenoxy) is 1. The molecule has 0 radical (unpaired) electrons. The maximum absolute atomic E-state index is 12.7. The molecule has 0 aromatic heterocycles. The largest absolute Gasteiger partial charge is 0.442 e. The highest BCUT2D eigenvalue weighted by Crippen LogP contribution is 2.65. The van der Waals surface area contributed by atoms with E-state index in [0.717, 1.165) is 55.8 Å². The summed E-state index contributed by atoms with van der Waals surface area (Å²) in [4.78, 5) is 12.7. The minimum atomic E-state index is -0.725. The third-order valence-corrected chi connectivity index (χ3v) is 9.39. The Morgan fingerprint density at radius 3 is 2.73 bits per heavy atom. The minimum absolute atomic E-state index is 0.0774. The number of hydrogen-bond acceptors (Lipinski definition) is 2. The van der Waals surface area contributed by atoms with E-state index in [0.29, 0.717) is 5.92 Å². The Hall–Kier alpha value is -1.49. The molecule has 2 heteroatoms. The van der Waals surface area contributed by atoms with Gasteiger partial charge in [-0.15, -0.1) is 6.42 Å². The second kappa shape index (κ2) is 8.94. The Morgan fingerprint density at radius 2 is 1.93 bits per heavy atom. The van der Waals surface area contributed by atoms with Crippen molar-refractivity contribution < 1.29 is 9.53 Å². The van der Waals surface area contributed by atoms with Gasteiger partial charge in [-0.3, -0.25) is 0 Å². The van der Waals surface area contributed by atoms with Gasteiger partial charge in [0.1, 0.15) is 0 Å². The zero-order valence-corrected chi connectivity index (χ0v) is 19.1. The molecule has 0 aromatic carbocycles. The summed E-state index contributed by atoms with van der Waals surface area (Å²) in [5, 5.41) is 0. The second-order valence-corrected chi connectivity index (χ2v) is 10.7. The first-order valence-electron chi connectivity index (χ1n) is 12.6. The van der Waals surface area contributed by atoms with Crippen LogP contribution in [-0.2, 0) is 9.53 Å². The van der Waals surface area contributed by atoms with Crippen molar-refractivity contribution in [3.05, 3.63) is 24.3 Å². The normalized spacial score (nSPS) is 42.2. The van der Waals surface area contributed by atoms with Crippen LogP contribution in [0.1, 0.15) is 90.9 Å². The third-order valence-electron chi connectivity index (χ3n) is 9.39. The van der Waals surface area contributed by atoms with Crippen molar-refractivity contribution in [2.75, 3.05) is 0 Å². The maximum Gasteiger partial charge on any atom is 0.331 e. The first kappa shape index (κ1) is 21.7. The summed E-state index contributed by atoms with van der Waals surface area (Å²) in [5.74, 6) is 6.75. The van der Waals surface area contributed by atoms with E-state index in [2.05, 4.69) is 31.9 Å². The molecule has 7 atom stereocenters. The Labute approximate surface area is 183 Å². The lowest BCUT2D eigenvalue weighted by atomic mass is 9.49. The van der Waals surface area contributed by atoms with Crippen LogP contribution in [0.25, 0.3) is 0 Å². The highest BCUT2D eigenvalue weighted by atomic mass is 16.6. The van der Waals surface area contributed by atoms with Crippen LogP contribution in [0.3, 0.4) is 0 Å². The SMILES string of the molecule is C#C[C@]1(OC(=O)/C=C/CCCCC)CC[C@H]2[C@@H]3CCC4CC=CC[C@@H]4[C@H]3CC[C@@]21C. The van der Waals surface area contributed by atoms with Crippen LogP contribution in [0.2, 0.25) is 0 Å². The second-order valence-electron chi connectivity index (χ2n) is 10.7. The fraction of sp³-hybridized carbons (Fsp3) is 0.750. The van der Waals surface area contributed by atoms with E-state index < -0.39 is 5.60 Å². The first-order valence-corrected chi connectivity index (χ1v) is 12.6. The van der Waals surface area contributed by atoms with E-state index in [1.165, 1.54) is 44.9 Å². The van der Waals surface area contributed by atoms with Gasteiger partial charge in [0.15, 0.2) is 5.60 Å². The molecule has 0 aromatic rings. The maximum atomic E-state index is 12.7. The zero-order chi connectivity index (χ0) is 21.2. The van der Waals surface area contributed by atoms with Gasteiger partial charge in [0.05, 0.1) is 0 Å². The van der Waals surface area contributed by atoms with Crippen molar-refractivity contribution in [2.45, 2.75) is 96.5 Å². The molecule has 0 N–H and O–H groups in total. The molecule has 4 rings (SSSR count). The van der Waals surface area contributed by atoms with Crippen molar-refractivity contribution in [2.24, 2.45) is 35.0 Å². The molecule has 0 bridgehead atoms. The van der Waals surface area contributed by atoms with E-state index in [-0.39, 0.29) is 11.4 Å². The highest BCUT2D eigenvalue weighted by molar-refractivity contribution is 5.82. The van der Waals surface area contributed by atoms with Crippen molar-refractivity contribution in [3.8, 4) is 12.3 Å². The molecule has 4 aliphatic carbocycles. The van der Waals surface area contributed by atoms with Gasteiger partial charge in [0.25, 0.3) is 0 Å².